The number of nitrogens with one attached hydrogen (secondary N) is 1. The van der Waals surface area contributed by atoms with E-state index in [4.69, 9.17) is 16.3 Å². The van der Waals surface area contributed by atoms with Crippen LogP contribution >= 0.6 is 11.6 Å². The molecule has 3 heterocycles. The lowest BCUT2D eigenvalue weighted by molar-refractivity contribution is 0.412. The van der Waals surface area contributed by atoms with E-state index in [1.54, 1.807) is 36.5 Å². The standard InChI is InChI=1S/C18H14ClN7O/c1-27-15-5-3-2-4-14(15)26-18-13(10-24-26)17(21-11-22-18)25-23-9-12-6-7-16(19)20-8-12/h2-11H,1H3,(H,21,22,25)/b23-9+. The predicted octanol–water partition coefficient (Wildman–Crippen LogP) is 3.32. The smallest absolute Gasteiger partial charge is 0.168 e. The molecular weight excluding hydrogens is 366 g/mol. The SMILES string of the molecule is COc1ccccc1-n1ncc2c(N/N=C/c3ccc(Cl)nc3)ncnc21. The molecule has 9 heteroatoms. The zero-order valence-electron chi connectivity index (χ0n) is 14.2. The Morgan fingerprint density at radius 3 is 2.81 bits per heavy atom. The molecule has 0 atom stereocenters. The Bertz CT molecular complexity index is 1110. The third-order valence-corrected chi connectivity index (χ3v) is 4.04. The first-order chi connectivity index (χ1) is 13.3. The number of halogens is 1. The van der Waals surface area contributed by atoms with Gasteiger partial charge in [0, 0.05) is 11.8 Å². The molecule has 0 saturated carbocycles. The van der Waals surface area contributed by atoms with Crippen LogP contribution in [0.5, 0.6) is 5.75 Å². The van der Waals surface area contributed by atoms with Crippen LogP contribution in [-0.4, -0.2) is 38.1 Å². The second-order valence-electron chi connectivity index (χ2n) is 5.47. The molecule has 134 valence electrons. The maximum Gasteiger partial charge on any atom is 0.168 e. The molecule has 4 aromatic rings. The highest BCUT2D eigenvalue weighted by Crippen LogP contribution is 2.26. The number of para-hydroxylation sites is 2. The van der Waals surface area contributed by atoms with Gasteiger partial charge in [0.2, 0.25) is 0 Å². The zero-order chi connectivity index (χ0) is 18.6. The van der Waals surface area contributed by atoms with Crippen LogP contribution in [0.15, 0.2) is 60.2 Å². The van der Waals surface area contributed by atoms with Crippen LogP contribution < -0.4 is 10.2 Å². The Hall–Kier alpha value is -3.52. The van der Waals surface area contributed by atoms with Crippen molar-refractivity contribution in [2.24, 2.45) is 5.10 Å². The summed E-state index contributed by atoms with van der Waals surface area (Å²) in [6.07, 6.45) is 6.39. The summed E-state index contributed by atoms with van der Waals surface area (Å²) in [5, 5.41) is 9.79. The lowest BCUT2D eigenvalue weighted by atomic mass is 10.3. The fraction of sp³-hybridized carbons (Fsp3) is 0.0556. The summed E-state index contributed by atoms with van der Waals surface area (Å²) in [6.45, 7) is 0. The van der Waals surface area contributed by atoms with Crippen molar-refractivity contribution < 1.29 is 4.74 Å². The molecule has 0 unspecified atom stereocenters. The van der Waals surface area contributed by atoms with Crippen LogP contribution in [0.4, 0.5) is 5.82 Å². The fourth-order valence-electron chi connectivity index (χ4n) is 2.55. The van der Waals surface area contributed by atoms with E-state index in [-0.39, 0.29) is 0 Å². The molecule has 0 aliphatic rings. The normalized spacial score (nSPS) is 11.2. The van der Waals surface area contributed by atoms with Crippen molar-refractivity contribution in [2.45, 2.75) is 0 Å². The second-order valence-corrected chi connectivity index (χ2v) is 5.86. The monoisotopic (exact) mass is 379 g/mol. The van der Waals surface area contributed by atoms with Crippen molar-refractivity contribution in [1.29, 1.82) is 0 Å². The number of ether oxygens (including phenoxy) is 1. The molecule has 0 fully saturated rings. The third-order valence-electron chi connectivity index (χ3n) is 3.81. The van der Waals surface area contributed by atoms with Gasteiger partial charge in [-0.2, -0.15) is 10.2 Å². The maximum atomic E-state index is 5.78. The number of nitrogens with zero attached hydrogens (tertiary/aromatic N) is 6. The van der Waals surface area contributed by atoms with Crippen molar-refractivity contribution in [1.82, 2.24) is 24.7 Å². The first kappa shape index (κ1) is 16.9. The van der Waals surface area contributed by atoms with Crippen molar-refractivity contribution in [3.63, 3.8) is 0 Å². The van der Waals surface area contributed by atoms with Gasteiger partial charge in [-0.15, -0.1) is 0 Å². The largest absolute Gasteiger partial charge is 0.494 e. The molecule has 0 bridgehead atoms. The molecule has 0 amide bonds. The van der Waals surface area contributed by atoms with Gasteiger partial charge in [-0.1, -0.05) is 23.7 Å². The van der Waals surface area contributed by atoms with E-state index < -0.39 is 0 Å². The van der Waals surface area contributed by atoms with E-state index in [0.29, 0.717) is 22.4 Å². The van der Waals surface area contributed by atoms with Crippen LogP contribution in [0.1, 0.15) is 5.56 Å². The average Bonchev–Trinajstić information content (AvgIpc) is 3.14. The number of hydrazone groups is 1. The number of fused-ring (bicyclic) bond motifs is 1. The fourth-order valence-corrected chi connectivity index (χ4v) is 2.66. The number of benzene rings is 1. The van der Waals surface area contributed by atoms with Crippen molar-refractivity contribution in [2.75, 3.05) is 12.5 Å². The van der Waals surface area contributed by atoms with E-state index in [1.807, 2.05) is 30.3 Å². The van der Waals surface area contributed by atoms with Gasteiger partial charge in [0.25, 0.3) is 0 Å². The van der Waals surface area contributed by atoms with Gasteiger partial charge in [-0.05, 0) is 24.3 Å². The Morgan fingerprint density at radius 1 is 1.11 bits per heavy atom. The first-order valence-corrected chi connectivity index (χ1v) is 8.37. The Kier molecular flexibility index (Phi) is 4.63. The van der Waals surface area contributed by atoms with Gasteiger partial charge < -0.3 is 4.74 Å². The molecule has 4 rings (SSSR count). The number of hydrogen-bond donors (Lipinski definition) is 1. The van der Waals surface area contributed by atoms with E-state index in [9.17, 15) is 0 Å². The van der Waals surface area contributed by atoms with Crippen LogP contribution in [0.2, 0.25) is 5.15 Å². The van der Waals surface area contributed by atoms with E-state index in [0.717, 1.165) is 16.6 Å². The minimum Gasteiger partial charge on any atom is -0.494 e. The number of methoxy groups -OCH3 is 1. The van der Waals surface area contributed by atoms with E-state index in [2.05, 4.69) is 30.6 Å². The molecule has 8 nitrogen and oxygen atoms in total. The average molecular weight is 380 g/mol. The Balaban J connectivity index is 1.65. The van der Waals surface area contributed by atoms with E-state index >= 15 is 0 Å². The Labute approximate surface area is 159 Å². The quantitative estimate of drug-likeness (QED) is 0.325. The molecule has 0 aliphatic heterocycles. The minimum absolute atomic E-state index is 0.432. The number of pyridine rings is 1. The third kappa shape index (κ3) is 3.42. The highest BCUT2D eigenvalue weighted by molar-refractivity contribution is 6.29. The first-order valence-electron chi connectivity index (χ1n) is 7.99. The topological polar surface area (TPSA) is 90.1 Å². The number of hydrogen-bond acceptors (Lipinski definition) is 7. The van der Waals surface area contributed by atoms with Crippen LogP contribution in [0.3, 0.4) is 0 Å². The summed E-state index contributed by atoms with van der Waals surface area (Å²) in [4.78, 5) is 12.6. The van der Waals surface area contributed by atoms with Crippen LogP contribution in [0.25, 0.3) is 16.7 Å². The summed E-state index contributed by atoms with van der Waals surface area (Å²) in [7, 11) is 1.62. The van der Waals surface area contributed by atoms with Crippen molar-refractivity contribution in [3.05, 3.63) is 65.8 Å². The number of anilines is 1. The van der Waals surface area contributed by atoms with E-state index in [1.165, 1.54) is 6.33 Å². The van der Waals surface area contributed by atoms with Gasteiger partial charge in [0.1, 0.15) is 22.9 Å². The predicted molar refractivity (Wildman–Crippen MR) is 104 cm³/mol. The molecule has 0 spiro atoms. The molecule has 0 aliphatic carbocycles. The van der Waals surface area contributed by atoms with Gasteiger partial charge in [0.15, 0.2) is 11.5 Å². The van der Waals surface area contributed by atoms with Gasteiger partial charge >= 0.3 is 0 Å². The van der Waals surface area contributed by atoms with Crippen molar-refractivity contribution >= 4 is 34.7 Å². The summed E-state index contributed by atoms with van der Waals surface area (Å²) >= 11 is 5.78. The lowest BCUT2D eigenvalue weighted by Gasteiger charge is -2.08. The minimum atomic E-state index is 0.432. The lowest BCUT2D eigenvalue weighted by Crippen LogP contribution is -2.01. The summed E-state index contributed by atoms with van der Waals surface area (Å²) in [5.41, 5.74) is 5.15. The number of aromatic nitrogens is 5. The summed E-state index contributed by atoms with van der Waals surface area (Å²) in [6, 6.07) is 11.1. The van der Waals surface area contributed by atoms with Gasteiger partial charge in [-0.3, -0.25) is 5.43 Å². The molecular formula is C18H14ClN7O. The number of rotatable bonds is 5. The molecule has 0 radical (unpaired) electrons. The molecule has 3 aromatic heterocycles. The van der Waals surface area contributed by atoms with Crippen LogP contribution in [0, 0.1) is 0 Å². The summed E-state index contributed by atoms with van der Waals surface area (Å²) < 4.78 is 7.11. The Morgan fingerprint density at radius 2 is 2.00 bits per heavy atom. The maximum absolute atomic E-state index is 5.78. The van der Waals surface area contributed by atoms with Gasteiger partial charge in [-0.25, -0.2) is 19.6 Å². The molecule has 1 aromatic carbocycles. The summed E-state index contributed by atoms with van der Waals surface area (Å²) in [5.74, 6) is 1.24. The van der Waals surface area contributed by atoms with Crippen LogP contribution in [-0.2, 0) is 0 Å². The highest BCUT2D eigenvalue weighted by atomic mass is 35.5. The highest BCUT2D eigenvalue weighted by Gasteiger charge is 2.13. The van der Waals surface area contributed by atoms with Gasteiger partial charge in [0.05, 0.1) is 24.9 Å². The molecule has 27 heavy (non-hydrogen) atoms. The second kappa shape index (κ2) is 7.38. The van der Waals surface area contributed by atoms with Crippen molar-refractivity contribution in [3.8, 4) is 11.4 Å². The zero-order valence-corrected chi connectivity index (χ0v) is 15.0. The molecule has 1 N–H and O–H groups in total. The molecule has 0 saturated heterocycles.